The number of nitrogens with zero attached hydrogens (tertiary/aromatic N) is 6. The molecule has 1 aromatic carbocycles. The summed E-state index contributed by atoms with van der Waals surface area (Å²) in [4.78, 5) is 36.1. The molecule has 2 aromatic heterocycles. The Morgan fingerprint density at radius 1 is 1.12 bits per heavy atom. The lowest BCUT2D eigenvalue weighted by atomic mass is 10.2. The van der Waals surface area contributed by atoms with E-state index < -0.39 is 11.2 Å². The first-order valence-electron chi connectivity index (χ1n) is 10.5. The van der Waals surface area contributed by atoms with Crippen LogP contribution in [0.1, 0.15) is 0 Å². The van der Waals surface area contributed by atoms with Crippen LogP contribution in [0, 0.1) is 0 Å². The van der Waals surface area contributed by atoms with Crippen molar-refractivity contribution in [3.8, 4) is 22.9 Å². The summed E-state index contributed by atoms with van der Waals surface area (Å²) in [5.74, 6) is 1.53. The highest BCUT2D eigenvalue weighted by Crippen LogP contribution is 2.31. The van der Waals surface area contributed by atoms with Crippen molar-refractivity contribution in [3.05, 3.63) is 39.0 Å². The van der Waals surface area contributed by atoms with Crippen LogP contribution in [-0.4, -0.2) is 82.9 Å². The topological polar surface area (TPSA) is 109 Å². The molecular formula is C21H28N7O4+. The second kappa shape index (κ2) is 9.05. The molecule has 3 aromatic rings. The monoisotopic (exact) mass is 442 g/mol. The molecule has 11 heteroatoms. The molecule has 3 heterocycles. The number of aromatic amines is 1. The maximum atomic E-state index is 12.5. The summed E-state index contributed by atoms with van der Waals surface area (Å²) < 4.78 is 13.9. The van der Waals surface area contributed by atoms with Crippen molar-refractivity contribution >= 4 is 11.2 Å². The van der Waals surface area contributed by atoms with Gasteiger partial charge in [0, 0.05) is 45.3 Å². The number of rotatable bonds is 6. The SMILES string of the molecule is COc1cc(-c2nc3c(=O)n(C)c(=O)[nH]c3[n+](C)n2)ccc1OCCN1CCN(C)CC1. The lowest BCUT2D eigenvalue weighted by molar-refractivity contribution is -0.707. The fourth-order valence-electron chi connectivity index (χ4n) is 3.66. The molecular weight excluding hydrogens is 414 g/mol. The van der Waals surface area contributed by atoms with Crippen molar-refractivity contribution in [3.63, 3.8) is 0 Å². The zero-order valence-electron chi connectivity index (χ0n) is 18.8. The summed E-state index contributed by atoms with van der Waals surface area (Å²) in [5, 5.41) is 4.40. The molecule has 1 aliphatic rings. The minimum atomic E-state index is -0.519. The van der Waals surface area contributed by atoms with Gasteiger partial charge in [-0.05, 0) is 25.2 Å². The standard InChI is InChI=1S/C21H27N7O4/c1-25-7-9-28(10-8-25)11-12-32-15-6-5-14(13-16(15)31-4)18-22-17-19(27(3)24-18)23-21(30)26(2)20(17)29/h5-6,13H,7-12H2,1-4H3/p+1. The van der Waals surface area contributed by atoms with Gasteiger partial charge in [-0.25, -0.2) is 14.3 Å². The van der Waals surface area contributed by atoms with E-state index in [4.69, 9.17) is 9.47 Å². The molecule has 0 aliphatic carbocycles. The summed E-state index contributed by atoms with van der Waals surface area (Å²) in [6, 6.07) is 5.42. The number of ether oxygens (including phenoxy) is 2. The highest BCUT2D eigenvalue weighted by Gasteiger charge is 2.19. The van der Waals surface area contributed by atoms with E-state index in [1.807, 2.05) is 12.1 Å². The van der Waals surface area contributed by atoms with Crippen LogP contribution in [0.3, 0.4) is 0 Å². The summed E-state index contributed by atoms with van der Waals surface area (Å²) in [5.41, 5.74) is 0.0517. The van der Waals surface area contributed by atoms with Gasteiger partial charge in [-0.3, -0.25) is 9.69 Å². The number of H-pyrrole nitrogens is 1. The number of methoxy groups -OCH3 is 1. The Hall–Kier alpha value is -3.31. The van der Waals surface area contributed by atoms with Gasteiger partial charge in [-0.1, -0.05) is 5.10 Å². The van der Waals surface area contributed by atoms with Crippen LogP contribution in [0.4, 0.5) is 0 Å². The smallest absolute Gasteiger partial charge is 0.416 e. The van der Waals surface area contributed by atoms with Crippen molar-refractivity contribution < 1.29 is 14.2 Å². The third kappa shape index (κ3) is 4.34. The molecule has 0 unspecified atom stereocenters. The van der Waals surface area contributed by atoms with Crippen molar-refractivity contribution in [2.24, 2.45) is 14.1 Å². The summed E-state index contributed by atoms with van der Waals surface area (Å²) >= 11 is 0. The fraction of sp³-hybridized carbons (Fsp3) is 0.476. The van der Waals surface area contributed by atoms with Gasteiger partial charge in [0.25, 0.3) is 5.56 Å². The number of aryl methyl sites for hydroxylation is 1. The van der Waals surface area contributed by atoms with Gasteiger partial charge in [0.1, 0.15) is 13.7 Å². The van der Waals surface area contributed by atoms with E-state index in [0.717, 1.165) is 37.3 Å². The fourth-order valence-corrected chi connectivity index (χ4v) is 3.66. The van der Waals surface area contributed by atoms with Gasteiger partial charge in [0.05, 0.1) is 7.11 Å². The number of hydrogen-bond donors (Lipinski definition) is 1. The number of piperazine rings is 1. The highest BCUT2D eigenvalue weighted by atomic mass is 16.5. The summed E-state index contributed by atoms with van der Waals surface area (Å²) in [7, 11) is 6.76. The largest absolute Gasteiger partial charge is 0.493 e. The van der Waals surface area contributed by atoms with E-state index in [2.05, 4.69) is 31.9 Å². The average molecular weight is 443 g/mol. The van der Waals surface area contributed by atoms with Crippen molar-refractivity contribution in [1.82, 2.24) is 29.4 Å². The number of fused-ring (bicyclic) bond motifs is 1. The molecule has 0 saturated carbocycles. The van der Waals surface area contributed by atoms with Crippen molar-refractivity contribution in [2.45, 2.75) is 0 Å². The molecule has 1 saturated heterocycles. The zero-order chi connectivity index (χ0) is 22.8. The van der Waals surface area contributed by atoms with Gasteiger partial charge in [-0.2, -0.15) is 4.98 Å². The van der Waals surface area contributed by atoms with Crippen LogP contribution in [0.25, 0.3) is 22.6 Å². The van der Waals surface area contributed by atoms with Gasteiger partial charge in [-0.15, -0.1) is 4.68 Å². The van der Waals surface area contributed by atoms with Crippen LogP contribution < -0.4 is 25.4 Å². The Morgan fingerprint density at radius 3 is 2.59 bits per heavy atom. The normalized spacial score (nSPS) is 15.2. The van der Waals surface area contributed by atoms with E-state index in [1.54, 1.807) is 20.2 Å². The zero-order valence-corrected chi connectivity index (χ0v) is 18.8. The Morgan fingerprint density at radius 2 is 1.88 bits per heavy atom. The Balaban J connectivity index is 1.56. The number of hydrogen-bond acceptors (Lipinski definition) is 8. The van der Waals surface area contributed by atoms with Crippen molar-refractivity contribution in [2.75, 3.05) is 53.5 Å². The summed E-state index contributed by atoms with van der Waals surface area (Å²) in [6.45, 7) is 5.62. The van der Waals surface area contributed by atoms with Crippen LogP contribution in [0.2, 0.25) is 0 Å². The van der Waals surface area contributed by atoms with E-state index >= 15 is 0 Å². The summed E-state index contributed by atoms with van der Waals surface area (Å²) in [6.07, 6.45) is 0. The highest BCUT2D eigenvalue weighted by molar-refractivity contribution is 5.68. The molecule has 1 fully saturated rings. The number of aromatic nitrogens is 5. The second-order valence-corrected chi connectivity index (χ2v) is 7.91. The van der Waals surface area contributed by atoms with Gasteiger partial charge >= 0.3 is 11.3 Å². The van der Waals surface area contributed by atoms with E-state index in [-0.39, 0.29) is 11.2 Å². The number of benzene rings is 1. The predicted molar refractivity (Wildman–Crippen MR) is 118 cm³/mol. The maximum absolute atomic E-state index is 12.5. The first-order valence-corrected chi connectivity index (χ1v) is 10.5. The van der Waals surface area contributed by atoms with E-state index in [1.165, 1.54) is 11.7 Å². The Labute approximate surface area is 184 Å². The van der Waals surface area contributed by atoms with Crippen LogP contribution >= 0.6 is 0 Å². The third-order valence-electron chi connectivity index (χ3n) is 5.73. The minimum absolute atomic E-state index is 0.131. The van der Waals surface area contributed by atoms with E-state index in [0.29, 0.717) is 29.5 Å². The van der Waals surface area contributed by atoms with Gasteiger partial charge in [0.15, 0.2) is 11.5 Å². The molecule has 0 spiro atoms. The predicted octanol–water partition coefficient (Wildman–Crippen LogP) is -0.857. The quantitative estimate of drug-likeness (QED) is 0.492. The molecule has 0 atom stereocenters. The molecule has 4 rings (SSSR count). The van der Waals surface area contributed by atoms with Gasteiger partial charge < -0.3 is 14.4 Å². The first-order chi connectivity index (χ1) is 15.4. The lowest BCUT2D eigenvalue weighted by Gasteiger charge is -2.32. The molecule has 0 amide bonds. The minimum Gasteiger partial charge on any atom is -0.493 e. The number of likely N-dealkylation sites (N-methyl/N-ethyl adjacent to an activating group) is 1. The average Bonchev–Trinajstić information content (AvgIpc) is 2.79. The lowest BCUT2D eigenvalue weighted by Crippen LogP contribution is -2.45. The molecule has 11 nitrogen and oxygen atoms in total. The van der Waals surface area contributed by atoms with Crippen LogP contribution in [-0.2, 0) is 14.1 Å². The Kier molecular flexibility index (Phi) is 6.19. The van der Waals surface area contributed by atoms with Crippen LogP contribution in [0.15, 0.2) is 27.8 Å². The molecule has 0 bridgehead atoms. The molecule has 0 radical (unpaired) electrons. The second-order valence-electron chi connectivity index (χ2n) is 7.91. The number of nitrogens with one attached hydrogen (secondary N) is 1. The van der Waals surface area contributed by atoms with E-state index in [9.17, 15) is 9.59 Å². The van der Waals surface area contributed by atoms with Gasteiger partial charge in [0.2, 0.25) is 11.3 Å². The Bertz CT molecular complexity index is 1250. The molecule has 32 heavy (non-hydrogen) atoms. The molecule has 1 aliphatic heterocycles. The maximum Gasteiger partial charge on any atom is 0.416 e. The first kappa shape index (κ1) is 21.9. The molecule has 170 valence electrons. The van der Waals surface area contributed by atoms with Crippen molar-refractivity contribution in [1.29, 1.82) is 0 Å². The van der Waals surface area contributed by atoms with Crippen LogP contribution in [0.5, 0.6) is 11.5 Å². The third-order valence-corrected chi connectivity index (χ3v) is 5.73. The molecule has 1 N–H and O–H groups in total.